The summed E-state index contributed by atoms with van der Waals surface area (Å²) in [7, 11) is 1.43. The summed E-state index contributed by atoms with van der Waals surface area (Å²) < 4.78 is 24.3. The SMILES string of the molecule is CCc1nc(S(=O)(=O)Cl)cn1C(C)C(=O)NC1CCCC1. The van der Waals surface area contributed by atoms with E-state index < -0.39 is 15.1 Å². The number of carbonyl (C=O) groups excluding carboxylic acids is 1. The molecule has 1 atom stereocenters. The molecule has 118 valence electrons. The molecule has 1 amide bonds. The molecular formula is C13H20ClN3O3S. The summed E-state index contributed by atoms with van der Waals surface area (Å²) in [4.78, 5) is 16.3. The van der Waals surface area contributed by atoms with Crippen LogP contribution >= 0.6 is 10.7 Å². The average Bonchev–Trinajstić information content (AvgIpc) is 3.05. The molecule has 2 rings (SSSR count). The number of halogens is 1. The van der Waals surface area contributed by atoms with Crippen molar-refractivity contribution in [2.24, 2.45) is 0 Å². The Morgan fingerprint density at radius 3 is 2.67 bits per heavy atom. The van der Waals surface area contributed by atoms with Crippen molar-refractivity contribution in [3.05, 3.63) is 12.0 Å². The summed E-state index contributed by atoms with van der Waals surface area (Å²) >= 11 is 0. The van der Waals surface area contributed by atoms with Crippen molar-refractivity contribution in [2.75, 3.05) is 0 Å². The Labute approximate surface area is 129 Å². The molecule has 21 heavy (non-hydrogen) atoms. The minimum absolute atomic E-state index is 0.118. The fourth-order valence-corrected chi connectivity index (χ4v) is 3.32. The molecule has 6 nitrogen and oxygen atoms in total. The van der Waals surface area contributed by atoms with Crippen molar-refractivity contribution in [3.8, 4) is 0 Å². The molecule has 1 aliphatic carbocycles. The van der Waals surface area contributed by atoms with Crippen LogP contribution in [0.3, 0.4) is 0 Å². The molecular weight excluding hydrogens is 314 g/mol. The highest BCUT2D eigenvalue weighted by atomic mass is 35.7. The Kier molecular flexibility index (Phi) is 4.93. The van der Waals surface area contributed by atoms with Gasteiger partial charge in [0.15, 0.2) is 5.03 Å². The smallest absolute Gasteiger partial charge is 0.280 e. The maximum absolute atomic E-state index is 12.3. The Hall–Kier alpha value is -1.08. The number of hydrogen-bond donors (Lipinski definition) is 1. The first kappa shape index (κ1) is 16.3. The molecule has 1 aromatic heterocycles. The van der Waals surface area contributed by atoms with Crippen molar-refractivity contribution in [1.29, 1.82) is 0 Å². The first-order valence-corrected chi connectivity index (χ1v) is 9.46. The third kappa shape index (κ3) is 3.77. The molecule has 1 unspecified atom stereocenters. The van der Waals surface area contributed by atoms with Gasteiger partial charge in [-0.2, -0.15) is 0 Å². The first-order chi connectivity index (χ1) is 9.82. The van der Waals surface area contributed by atoms with E-state index >= 15 is 0 Å². The largest absolute Gasteiger partial charge is 0.352 e. The fourth-order valence-electron chi connectivity index (χ4n) is 2.64. The number of amides is 1. The van der Waals surface area contributed by atoms with Crippen LogP contribution in [0.5, 0.6) is 0 Å². The molecule has 0 aliphatic heterocycles. The summed E-state index contributed by atoms with van der Waals surface area (Å²) in [6.45, 7) is 3.58. The van der Waals surface area contributed by atoms with Crippen LogP contribution in [0.1, 0.15) is 51.4 Å². The van der Waals surface area contributed by atoms with Crippen LogP contribution in [-0.2, 0) is 20.3 Å². The van der Waals surface area contributed by atoms with Gasteiger partial charge in [-0.1, -0.05) is 19.8 Å². The van der Waals surface area contributed by atoms with Gasteiger partial charge in [-0.3, -0.25) is 4.79 Å². The predicted molar refractivity (Wildman–Crippen MR) is 79.8 cm³/mol. The molecule has 1 saturated carbocycles. The second-order valence-electron chi connectivity index (χ2n) is 5.36. The van der Waals surface area contributed by atoms with E-state index in [0.29, 0.717) is 12.2 Å². The maximum Gasteiger partial charge on any atom is 0.280 e. The van der Waals surface area contributed by atoms with Gasteiger partial charge in [0, 0.05) is 29.3 Å². The monoisotopic (exact) mass is 333 g/mol. The van der Waals surface area contributed by atoms with Gasteiger partial charge in [0.25, 0.3) is 9.05 Å². The Morgan fingerprint density at radius 1 is 1.52 bits per heavy atom. The van der Waals surface area contributed by atoms with E-state index in [1.807, 2.05) is 6.92 Å². The first-order valence-electron chi connectivity index (χ1n) is 7.15. The maximum atomic E-state index is 12.3. The van der Waals surface area contributed by atoms with Gasteiger partial charge in [-0.25, -0.2) is 13.4 Å². The molecule has 0 bridgehead atoms. The van der Waals surface area contributed by atoms with Gasteiger partial charge in [-0.15, -0.1) is 0 Å². The van der Waals surface area contributed by atoms with Crippen LogP contribution in [0.2, 0.25) is 0 Å². The van der Waals surface area contributed by atoms with E-state index in [2.05, 4.69) is 10.3 Å². The van der Waals surface area contributed by atoms with Crippen LogP contribution < -0.4 is 5.32 Å². The number of imidazole rings is 1. The van der Waals surface area contributed by atoms with E-state index in [1.54, 1.807) is 11.5 Å². The Balaban J connectivity index is 2.19. The molecule has 0 spiro atoms. The van der Waals surface area contributed by atoms with Crippen molar-refractivity contribution in [2.45, 2.75) is 63.1 Å². The Morgan fingerprint density at radius 2 is 2.14 bits per heavy atom. The summed E-state index contributed by atoms with van der Waals surface area (Å²) in [6.07, 6.45) is 6.14. The fraction of sp³-hybridized carbons (Fsp3) is 0.692. The minimum atomic E-state index is -3.89. The highest BCUT2D eigenvalue weighted by Crippen LogP contribution is 2.21. The summed E-state index contributed by atoms with van der Waals surface area (Å²) in [5.41, 5.74) is 0. The quantitative estimate of drug-likeness (QED) is 0.835. The number of nitrogens with zero attached hydrogens (tertiary/aromatic N) is 2. The van der Waals surface area contributed by atoms with Gasteiger partial charge in [0.1, 0.15) is 11.9 Å². The van der Waals surface area contributed by atoms with Crippen LogP contribution in [0.4, 0.5) is 0 Å². The molecule has 1 N–H and O–H groups in total. The molecule has 0 aromatic carbocycles. The highest BCUT2D eigenvalue weighted by molar-refractivity contribution is 8.13. The number of rotatable bonds is 5. The second-order valence-corrected chi connectivity index (χ2v) is 7.87. The normalized spacial score (nSPS) is 17.9. The van der Waals surface area contributed by atoms with Gasteiger partial charge >= 0.3 is 0 Å². The van der Waals surface area contributed by atoms with E-state index in [1.165, 1.54) is 6.20 Å². The molecule has 0 saturated heterocycles. The third-order valence-electron chi connectivity index (χ3n) is 3.85. The summed E-state index contributed by atoms with van der Waals surface area (Å²) in [5, 5.41) is 2.80. The van der Waals surface area contributed by atoms with Crippen molar-refractivity contribution >= 4 is 25.6 Å². The zero-order chi connectivity index (χ0) is 15.6. The van der Waals surface area contributed by atoms with Crippen LogP contribution in [0, 0.1) is 0 Å². The van der Waals surface area contributed by atoms with Crippen molar-refractivity contribution in [1.82, 2.24) is 14.9 Å². The molecule has 1 aliphatic rings. The van der Waals surface area contributed by atoms with Crippen LogP contribution in [-0.4, -0.2) is 29.9 Å². The lowest BCUT2D eigenvalue weighted by Crippen LogP contribution is -2.37. The third-order valence-corrected chi connectivity index (χ3v) is 5.02. The minimum Gasteiger partial charge on any atom is -0.352 e. The zero-order valence-electron chi connectivity index (χ0n) is 12.2. The van der Waals surface area contributed by atoms with E-state index in [9.17, 15) is 13.2 Å². The summed E-state index contributed by atoms with van der Waals surface area (Å²) in [5.74, 6) is 0.413. The molecule has 1 heterocycles. The zero-order valence-corrected chi connectivity index (χ0v) is 13.7. The van der Waals surface area contributed by atoms with Gasteiger partial charge in [0.2, 0.25) is 5.91 Å². The molecule has 8 heteroatoms. The predicted octanol–water partition coefficient (Wildman–Crippen LogP) is 1.99. The van der Waals surface area contributed by atoms with Crippen molar-refractivity contribution < 1.29 is 13.2 Å². The molecule has 0 radical (unpaired) electrons. The summed E-state index contributed by atoms with van der Waals surface area (Å²) in [6, 6.07) is -0.287. The topological polar surface area (TPSA) is 81.1 Å². The van der Waals surface area contributed by atoms with Crippen LogP contribution in [0.25, 0.3) is 0 Å². The molecule has 1 aromatic rings. The lowest BCUT2D eigenvalue weighted by molar-refractivity contribution is -0.124. The van der Waals surface area contributed by atoms with Crippen molar-refractivity contribution in [3.63, 3.8) is 0 Å². The second kappa shape index (κ2) is 6.36. The highest BCUT2D eigenvalue weighted by Gasteiger charge is 2.25. The molecule has 1 fully saturated rings. The number of aromatic nitrogens is 2. The number of nitrogens with one attached hydrogen (secondary N) is 1. The number of hydrogen-bond acceptors (Lipinski definition) is 4. The lowest BCUT2D eigenvalue weighted by atomic mass is 10.2. The van der Waals surface area contributed by atoms with Crippen LogP contribution in [0.15, 0.2) is 11.2 Å². The average molecular weight is 334 g/mol. The lowest BCUT2D eigenvalue weighted by Gasteiger charge is -2.19. The van der Waals surface area contributed by atoms with Gasteiger partial charge < -0.3 is 9.88 Å². The van der Waals surface area contributed by atoms with Gasteiger partial charge in [-0.05, 0) is 19.8 Å². The Bertz CT molecular complexity index is 621. The standard InChI is InChI=1S/C13H20ClN3O3S/c1-3-11-16-12(21(14,19)20)8-17(11)9(2)13(18)15-10-6-4-5-7-10/h8-10H,3-7H2,1-2H3,(H,15,18). The van der Waals surface area contributed by atoms with Gasteiger partial charge in [0.05, 0.1) is 0 Å². The van der Waals surface area contributed by atoms with E-state index in [-0.39, 0.29) is 17.0 Å². The van der Waals surface area contributed by atoms with E-state index in [0.717, 1.165) is 25.7 Å². The number of aryl methyl sites for hydroxylation is 1. The number of carbonyl (C=O) groups is 1. The van der Waals surface area contributed by atoms with E-state index in [4.69, 9.17) is 10.7 Å².